The van der Waals surface area contributed by atoms with E-state index >= 15 is 0 Å². The summed E-state index contributed by atoms with van der Waals surface area (Å²) in [7, 11) is 1.57. The molecule has 0 saturated carbocycles. The number of amides is 2. The van der Waals surface area contributed by atoms with Crippen LogP contribution in [0.5, 0.6) is 11.5 Å². The van der Waals surface area contributed by atoms with E-state index in [2.05, 4.69) is 10.3 Å². The van der Waals surface area contributed by atoms with Crippen molar-refractivity contribution in [3.05, 3.63) is 48.5 Å². The SMILES string of the molecule is CCOc1cccc(NC(=O)C2CC(=O)N(CC)C(=Nc3ccccc3OC)S2)c1. The Hall–Kier alpha value is -3.00. The van der Waals surface area contributed by atoms with Gasteiger partial charge in [-0.15, -0.1) is 0 Å². The van der Waals surface area contributed by atoms with Gasteiger partial charge in [0.05, 0.1) is 13.7 Å². The van der Waals surface area contributed by atoms with Gasteiger partial charge in [-0.05, 0) is 38.1 Å². The van der Waals surface area contributed by atoms with Crippen LogP contribution in [-0.4, -0.2) is 47.4 Å². The molecule has 0 bridgehead atoms. The van der Waals surface area contributed by atoms with Gasteiger partial charge in [0.2, 0.25) is 11.8 Å². The topological polar surface area (TPSA) is 80.2 Å². The van der Waals surface area contributed by atoms with Gasteiger partial charge >= 0.3 is 0 Å². The number of amidine groups is 1. The minimum Gasteiger partial charge on any atom is -0.494 e. The zero-order chi connectivity index (χ0) is 21.5. The maximum Gasteiger partial charge on any atom is 0.238 e. The van der Waals surface area contributed by atoms with E-state index in [1.54, 1.807) is 30.2 Å². The number of anilines is 1. The van der Waals surface area contributed by atoms with E-state index in [1.165, 1.54) is 11.8 Å². The molecule has 7 nitrogen and oxygen atoms in total. The molecule has 3 rings (SSSR count). The van der Waals surface area contributed by atoms with Gasteiger partial charge in [0.25, 0.3) is 0 Å². The Bertz CT molecular complexity index is 947. The molecule has 0 radical (unpaired) electrons. The highest BCUT2D eigenvalue weighted by molar-refractivity contribution is 8.15. The maximum atomic E-state index is 12.9. The van der Waals surface area contributed by atoms with Gasteiger partial charge in [-0.2, -0.15) is 0 Å². The lowest BCUT2D eigenvalue weighted by Gasteiger charge is -2.31. The quantitative estimate of drug-likeness (QED) is 0.720. The maximum absolute atomic E-state index is 12.9. The van der Waals surface area contributed by atoms with Crippen LogP contribution in [-0.2, 0) is 9.59 Å². The zero-order valence-electron chi connectivity index (χ0n) is 17.3. The number of benzene rings is 2. The second kappa shape index (κ2) is 10.2. The summed E-state index contributed by atoms with van der Waals surface area (Å²) in [6, 6.07) is 14.5. The van der Waals surface area contributed by atoms with Gasteiger partial charge in [-0.3, -0.25) is 14.5 Å². The van der Waals surface area contributed by atoms with Crippen LogP contribution in [0.1, 0.15) is 20.3 Å². The van der Waals surface area contributed by atoms with Crippen molar-refractivity contribution < 1.29 is 19.1 Å². The Labute approximate surface area is 180 Å². The van der Waals surface area contributed by atoms with Crippen molar-refractivity contribution in [3.63, 3.8) is 0 Å². The molecule has 1 aliphatic rings. The highest BCUT2D eigenvalue weighted by atomic mass is 32.2. The van der Waals surface area contributed by atoms with Crippen molar-refractivity contribution in [2.75, 3.05) is 25.6 Å². The molecule has 1 aliphatic heterocycles. The van der Waals surface area contributed by atoms with Crippen LogP contribution < -0.4 is 14.8 Å². The molecule has 1 saturated heterocycles. The summed E-state index contributed by atoms with van der Waals surface area (Å²) in [6.45, 7) is 4.80. The first kappa shape index (κ1) is 21.7. The first-order valence-corrected chi connectivity index (χ1v) is 10.7. The molecule has 0 aromatic heterocycles. The Morgan fingerprint density at radius 2 is 2.03 bits per heavy atom. The van der Waals surface area contributed by atoms with Crippen molar-refractivity contribution >= 4 is 40.1 Å². The molecule has 1 fully saturated rings. The second-order valence-corrected chi connectivity index (χ2v) is 7.63. The van der Waals surface area contributed by atoms with Crippen LogP contribution in [0, 0.1) is 0 Å². The Balaban J connectivity index is 1.81. The molecule has 0 aliphatic carbocycles. The third-order valence-corrected chi connectivity index (χ3v) is 5.65. The molecular formula is C22H25N3O4S. The average molecular weight is 428 g/mol. The van der Waals surface area contributed by atoms with Gasteiger partial charge in [-0.1, -0.05) is 30.0 Å². The fourth-order valence-electron chi connectivity index (χ4n) is 3.03. The number of hydrogen-bond acceptors (Lipinski definition) is 6. The summed E-state index contributed by atoms with van der Waals surface area (Å²) in [6.07, 6.45) is 0.112. The number of methoxy groups -OCH3 is 1. The summed E-state index contributed by atoms with van der Waals surface area (Å²) in [5.74, 6) is 0.908. The first-order valence-electron chi connectivity index (χ1n) is 9.78. The molecule has 8 heteroatoms. The van der Waals surface area contributed by atoms with Crippen molar-refractivity contribution in [2.45, 2.75) is 25.5 Å². The van der Waals surface area contributed by atoms with Crippen LogP contribution >= 0.6 is 11.8 Å². The number of nitrogens with one attached hydrogen (secondary N) is 1. The van der Waals surface area contributed by atoms with E-state index in [-0.39, 0.29) is 18.2 Å². The monoisotopic (exact) mass is 427 g/mol. The highest BCUT2D eigenvalue weighted by Crippen LogP contribution is 2.33. The van der Waals surface area contributed by atoms with Crippen LogP contribution in [0.4, 0.5) is 11.4 Å². The van der Waals surface area contributed by atoms with Crippen LogP contribution in [0.2, 0.25) is 0 Å². The standard InChI is InChI=1S/C22H25N3O4S/c1-4-25-20(26)14-19(21(27)23-15-9-8-10-16(13-15)29-5-2)30-22(25)24-17-11-6-7-12-18(17)28-3/h6-13,19H,4-5,14H2,1-3H3,(H,23,27). The number of thioether (sulfide) groups is 1. The van der Waals surface area contributed by atoms with E-state index in [1.807, 2.05) is 44.2 Å². The molecule has 2 aromatic carbocycles. The van der Waals surface area contributed by atoms with Gasteiger partial charge in [0.1, 0.15) is 22.4 Å². The molecule has 1 heterocycles. The van der Waals surface area contributed by atoms with E-state index in [0.29, 0.717) is 41.2 Å². The predicted octanol–water partition coefficient (Wildman–Crippen LogP) is 4.07. The lowest BCUT2D eigenvalue weighted by atomic mass is 10.2. The summed E-state index contributed by atoms with van der Waals surface area (Å²) in [4.78, 5) is 31.8. The fraction of sp³-hybridized carbons (Fsp3) is 0.318. The van der Waals surface area contributed by atoms with Crippen molar-refractivity contribution in [2.24, 2.45) is 4.99 Å². The molecular weight excluding hydrogens is 402 g/mol. The summed E-state index contributed by atoms with van der Waals surface area (Å²) in [5, 5.41) is 2.79. The molecule has 1 N–H and O–H groups in total. The Morgan fingerprint density at radius 1 is 1.23 bits per heavy atom. The van der Waals surface area contributed by atoms with Crippen molar-refractivity contribution in [3.8, 4) is 11.5 Å². The smallest absolute Gasteiger partial charge is 0.238 e. The number of aliphatic imine (C=N–C) groups is 1. The molecule has 0 spiro atoms. The summed E-state index contributed by atoms with van der Waals surface area (Å²) < 4.78 is 10.8. The van der Waals surface area contributed by atoms with E-state index < -0.39 is 5.25 Å². The average Bonchev–Trinajstić information content (AvgIpc) is 2.74. The van der Waals surface area contributed by atoms with E-state index in [9.17, 15) is 9.59 Å². The lowest BCUT2D eigenvalue weighted by Crippen LogP contribution is -2.45. The van der Waals surface area contributed by atoms with Gasteiger partial charge in [-0.25, -0.2) is 4.99 Å². The van der Waals surface area contributed by atoms with Crippen LogP contribution in [0.15, 0.2) is 53.5 Å². The second-order valence-electron chi connectivity index (χ2n) is 6.46. The molecule has 158 valence electrons. The largest absolute Gasteiger partial charge is 0.494 e. The molecule has 30 heavy (non-hydrogen) atoms. The first-order chi connectivity index (χ1) is 14.5. The Kier molecular flexibility index (Phi) is 7.35. The highest BCUT2D eigenvalue weighted by Gasteiger charge is 2.35. The van der Waals surface area contributed by atoms with Crippen LogP contribution in [0.25, 0.3) is 0 Å². The lowest BCUT2D eigenvalue weighted by molar-refractivity contribution is -0.129. The fourth-order valence-corrected chi connectivity index (χ4v) is 4.19. The summed E-state index contributed by atoms with van der Waals surface area (Å²) >= 11 is 1.28. The third-order valence-electron chi connectivity index (χ3n) is 4.46. The molecule has 1 unspecified atom stereocenters. The number of carbonyl (C=O) groups is 2. The van der Waals surface area contributed by atoms with E-state index in [0.717, 1.165) is 0 Å². The number of nitrogens with zero attached hydrogens (tertiary/aromatic N) is 2. The molecule has 2 amide bonds. The molecule has 2 aromatic rings. The van der Waals surface area contributed by atoms with Crippen molar-refractivity contribution in [1.82, 2.24) is 4.90 Å². The number of hydrogen-bond donors (Lipinski definition) is 1. The summed E-state index contributed by atoms with van der Waals surface area (Å²) in [5.41, 5.74) is 1.24. The number of rotatable bonds is 7. The minimum atomic E-state index is -0.579. The van der Waals surface area contributed by atoms with Gasteiger partial charge in [0, 0.05) is 24.7 Å². The van der Waals surface area contributed by atoms with Gasteiger partial charge in [0.15, 0.2) is 5.17 Å². The Morgan fingerprint density at radius 3 is 2.77 bits per heavy atom. The number of ether oxygens (including phenoxy) is 2. The predicted molar refractivity (Wildman–Crippen MR) is 120 cm³/mol. The number of para-hydroxylation sites is 2. The third kappa shape index (κ3) is 5.13. The zero-order valence-corrected chi connectivity index (χ0v) is 18.1. The minimum absolute atomic E-state index is 0.112. The van der Waals surface area contributed by atoms with Gasteiger partial charge < -0.3 is 14.8 Å². The number of carbonyl (C=O) groups excluding carboxylic acids is 2. The normalized spacial score (nSPS) is 17.7. The van der Waals surface area contributed by atoms with Crippen LogP contribution in [0.3, 0.4) is 0 Å². The van der Waals surface area contributed by atoms with Crippen molar-refractivity contribution in [1.29, 1.82) is 0 Å². The van der Waals surface area contributed by atoms with E-state index in [4.69, 9.17) is 9.47 Å². The molecule has 1 atom stereocenters.